The van der Waals surface area contributed by atoms with Gasteiger partial charge in [-0.25, -0.2) is 0 Å². The SMILES string of the molecule is COC(CN1CCN(CC(C)C(=O)c2ccccc2)CC1)c1ccccc1.Cl.Cl. The standard InChI is InChI=1S/C23H30N2O2.2ClH/c1-19(23(26)21-11-7-4-8-12-21)17-24-13-15-25(16-14-24)18-22(27-2)20-9-5-3-6-10-20;;/h3-12,19,22H,13-18H2,1-2H3;2*1H. The van der Waals surface area contributed by atoms with Gasteiger partial charge in [-0.15, -0.1) is 24.8 Å². The molecule has 2 aromatic carbocycles. The van der Waals surface area contributed by atoms with Crippen molar-refractivity contribution in [2.24, 2.45) is 5.92 Å². The van der Waals surface area contributed by atoms with Crippen molar-refractivity contribution in [1.82, 2.24) is 9.80 Å². The summed E-state index contributed by atoms with van der Waals surface area (Å²) in [5, 5.41) is 0. The lowest BCUT2D eigenvalue weighted by atomic mass is 9.98. The van der Waals surface area contributed by atoms with Crippen LogP contribution in [0.4, 0.5) is 0 Å². The molecule has 1 aliphatic rings. The van der Waals surface area contributed by atoms with E-state index in [9.17, 15) is 4.79 Å². The number of nitrogens with zero attached hydrogens (tertiary/aromatic N) is 2. The molecule has 3 rings (SSSR count). The van der Waals surface area contributed by atoms with Gasteiger partial charge in [-0.1, -0.05) is 67.6 Å². The molecule has 29 heavy (non-hydrogen) atoms. The molecule has 0 aliphatic carbocycles. The summed E-state index contributed by atoms with van der Waals surface area (Å²) < 4.78 is 5.71. The minimum Gasteiger partial charge on any atom is -0.375 e. The molecule has 0 bridgehead atoms. The Labute approximate surface area is 187 Å². The number of carbonyl (C=O) groups excluding carboxylic acids is 1. The molecule has 0 spiro atoms. The maximum atomic E-state index is 12.6. The van der Waals surface area contributed by atoms with E-state index in [2.05, 4.69) is 34.1 Å². The molecule has 0 aromatic heterocycles. The van der Waals surface area contributed by atoms with Crippen LogP contribution in [-0.2, 0) is 4.74 Å². The van der Waals surface area contributed by atoms with E-state index in [1.807, 2.05) is 43.3 Å². The quantitative estimate of drug-likeness (QED) is 0.573. The number of carbonyl (C=O) groups is 1. The van der Waals surface area contributed by atoms with Crippen molar-refractivity contribution in [3.05, 3.63) is 71.8 Å². The van der Waals surface area contributed by atoms with Crippen LogP contribution in [0.5, 0.6) is 0 Å². The summed E-state index contributed by atoms with van der Waals surface area (Å²) in [6.07, 6.45) is 0.108. The van der Waals surface area contributed by atoms with E-state index in [4.69, 9.17) is 4.74 Å². The highest BCUT2D eigenvalue weighted by Crippen LogP contribution is 2.19. The second kappa shape index (κ2) is 13.0. The van der Waals surface area contributed by atoms with Gasteiger partial charge in [-0.3, -0.25) is 9.69 Å². The lowest BCUT2D eigenvalue weighted by Crippen LogP contribution is -2.49. The van der Waals surface area contributed by atoms with Crippen molar-refractivity contribution in [2.75, 3.05) is 46.4 Å². The Morgan fingerprint density at radius 2 is 1.34 bits per heavy atom. The van der Waals surface area contributed by atoms with Crippen LogP contribution in [0.15, 0.2) is 60.7 Å². The van der Waals surface area contributed by atoms with Crippen molar-refractivity contribution in [1.29, 1.82) is 0 Å². The molecular formula is C23H32Cl2N2O2. The highest BCUT2D eigenvalue weighted by molar-refractivity contribution is 5.97. The van der Waals surface area contributed by atoms with Crippen LogP contribution in [0.3, 0.4) is 0 Å². The van der Waals surface area contributed by atoms with Crippen LogP contribution in [0.2, 0.25) is 0 Å². The maximum Gasteiger partial charge on any atom is 0.166 e. The third kappa shape index (κ3) is 7.40. The summed E-state index contributed by atoms with van der Waals surface area (Å²) in [5.41, 5.74) is 2.04. The number of piperazine rings is 1. The predicted octanol–water partition coefficient (Wildman–Crippen LogP) is 4.35. The molecule has 0 N–H and O–H groups in total. The Balaban J connectivity index is 0.00000210. The van der Waals surface area contributed by atoms with E-state index in [1.54, 1.807) is 7.11 Å². The summed E-state index contributed by atoms with van der Waals surface area (Å²) in [7, 11) is 1.78. The molecule has 0 radical (unpaired) electrons. The molecule has 160 valence electrons. The molecular weight excluding hydrogens is 407 g/mol. The fraction of sp³-hybridized carbons (Fsp3) is 0.435. The van der Waals surface area contributed by atoms with Crippen molar-refractivity contribution in [2.45, 2.75) is 13.0 Å². The Hall–Kier alpha value is -1.43. The van der Waals surface area contributed by atoms with Crippen molar-refractivity contribution in [3.63, 3.8) is 0 Å². The summed E-state index contributed by atoms with van der Waals surface area (Å²) in [5.74, 6) is 0.261. The molecule has 2 aromatic rings. The van der Waals surface area contributed by atoms with Crippen LogP contribution >= 0.6 is 24.8 Å². The number of methoxy groups -OCH3 is 1. The van der Waals surface area contributed by atoms with Crippen LogP contribution in [0.1, 0.15) is 28.9 Å². The average Bonchev–Trinajstić information content (AvgIpc) is 2.74. The van der Waals surface area contributed by atoms with Crippen molar-refractivity contribution >= 4 is 30.6 Å². The highest BCUT2D eigenvalue weighted by Gasteiger charge is 2.24. The van der Waals surface area contributed by atoms with Gasteiger partial charge in [0.25, 0.3) is 0 Å². The van der Waals surface area contributed by atoms with Gasteiger partial charge < -0.3 is 9.64 Å². The molecule has 2 atom stereocenters. The maximum absolute atomic E-state index is 12.6. The van der Waals surface area contributed by atoms with Crippen LogP contribution in [0, 0.1) is 5.92 Å². The smallest absolute Gasteiger partial charge is 0.166 e. The topological polar surface area (TPSA) is 32.8 Å². The van der Waals surface area contributed by atoms with Gasteiger partial charge in [-0.05, 0) is 5.56 Å². The highest BCUT2D eigenvalue weighted by atomic mass is 35.5. The van der Waals surface area contributed by atoms with E-state index < -0.39 is 0 Å². The summed E-state index contributed by atoms with van der Waals surface area (Å²) in [6.45, 7) is 7.80. The first-order chi connectivity index (χ1) is 13.2. The number of ether oxygens (including phenoxy) is 1. The first-order valence-electron chi connectivity index (χ1n) is 9.79. The second-order valence-corrected chi connectivity index (χ2v) is 7.37. The van der Waals surface area contributed by atoms with E-state index >= 15 is 0 Å². The van der Waals surface area contributed by atoms with E-state index in [0.29, 0.717) is 0 Å². The molecule has 4 nitrogen and oxygen atoms in total. The number of halogens is 2. The molecule has 1 heterocycles. The second-order valence-electron chi connectivity index (χ2n) is 7.37. The summed E-state index contributed by atoms with van der Waals surface area (Å²) in [4.78, 5) is 17.4. The Bertz CT molecular complexity index is 707. The Morgan fingerprint density at radius 3 is 1.86 bits per heavy atom. The molecule has 6 heteroatoms. The molecule has 1 saturated heterocycles. The molecule has 1 fully saturated rings. The Morgan fingerprint density at radius 1 is 0.862 bits per heavy atom. The molecule has 2 unspecified atom stereocenters. The first kappa shape index (κ1) is 25.6. The van der Waals surface area contributed by atoms with Crippen LogP contribution < -0.4 is 0 Å². The van der Waals surface area contributed by atoms with Gasteiger partial charge in [0.15, 0.2) is 5.78 Å². The minimum absolute atomic E-state index is 0. The normalized spacial score (nSPS) is 16.9. The fourth-order valence-electron chi connectivity index (χ4n) is 3.73. The fourth-order valence-corrected chi connectivity index (χ4v) is 3.73. The Kier molecular flexibility index (Phi) is 11.5. The average molecular weight is 439 g/mol. The molecule has 0 amide bonds. The summed E-state index contributed by atoms with van der Waals surface area (Å²) >= 11 is 0. The third-order valence-electron chi connectivity index (χ3n) is 5.38. The number of Topliss-reactive ketones (excluding diaryl/α,β-unsaturated/α-hetero) is 1. The predicted molar refractivity (Wildman–Crippen MR) is 124 cm³/mol. The largest absolute Gasteiger partial charge is 0.375 e. The van der Waals surface area contributed by atoms with E-state index in [0.717, 1.165) is 44.8 Å². The zero-order valence-electron chi connectivity index (χ0n) is 17.2. The third-order valence-corrected chi connectivity index (χ3v) is 5.38. The van der Waals surface area contributed by atoms with Gasteiger partial charge in [0.05, 0.1) is 6.10 Å². The van der Waals surface area contributed by atoms with Gasteiger partial charge in [0.2, 0.25) is 0 Å². The van der Waals surface area contributed by atoms with Crippen LogP contribution in [0.25, 0.3) is 0 Å². The lowest BCUT2D eigenvalue weighted by Gasteiger charge is -2.37. The number of ketones is 1. The van der Waals surface area contributed by atoms with Gasteiger partial charge in [-0.2, -0.15) is 0 Å². The molecule has 0 saturated carbocycles. The lowest BCUT2D eigenvalue weighted by molar-refractivity contribution is 0.0392. The van der Waals surface area contributed by atoms with Crippen LogP contribution in [-0.4, -0.2) is 62.0 Å². The van der Waals surface area contributed by atoms with Gasteiger partial charge in [0, 0.05) is 57.9 Å². The van der Waals surface area contributed by atoms with Gasteiger partial charge >= 0.3 is 0 Å². The number of hydrogen-bond donors (Lipinski definition) is 0. The minimum atomic E-state index is 0. The number of benzene rings is 2. The van der Waals surface area contributed by atoms with Crippen molar-refractivity contribution in [3.8, 4) is 0 Å². The number of hydrogen-bond acceptors (Lipinski definition) is 4. The number of rotatable bonds is 8. The van der Waals surface area contributed by atoms with Crippen molar-refractivity contribution < 1.29 is 9.53 Å². The zero-order valence-corrected chi connectivity index (χ0v) is 18.8. The van der Waals surface area contributed by atoms with E-state index in [1.165, 1.54) is 5.56 Å². The monoisotopic (exact) mass is 438 g/mol. The first-order valence-corrected chi connectivity index (χ1v) is 9.79. The molecule has 1 aliphatic heterocycles. The zero-order chi connectivity index (χ0) is 19.1. The summed E-state index contributed by atoms with van der Waals surface area (Å²) in [6, 6.07) is 20.0. The van der Waals surface area contributed by atoms with Gasteiger partial charge in [0.1, 0.15) is 0 Å². The van der Waals surface area contributed by atoms with E-state index in [-0.39, 0.29) is 42.6 Å².